The molecule has 2 aromatic carbocycles. The van der Waals surface area contributed by atoms with Crippen molar-refractivity contribution in [2.75, 3.05) is 6.61 Å². The van der Waals surface area contributed by atoms with Crippen molar-refractivity contribution >= 4 is 11.8 Å². The van der Waals surface area contributed by atoms with Crippen LogP contribution in [-0.2, 0) is 26.6 Å². The van der Waals surface area contributed by atoms with Gasteiger partial charge in [0.15, 0.2) is 0 Å². The average molecular weight is 342 g/mol. The average Bonchev–Trinajstić information content (AvgIpc) is 3.18. The van der Waals surface area contributed by atoms with Crippen LogP contribution >= 0.6 is 0 Å². The Balaban J connectivity index is 0.000000622. The van der Waals surface area contributed by atoms with Crippen LogP contribution in [-0.4, -0.2) is 18.4 Å². The standard InChI is InChI=1S/C13H17O3.C5H5.Fe/c1-2-16-13(15)10-6-5-9-12(14)11-7-3-4-8-11;1-2-4-5-3-1;/h3-4,7-8H,2,5-6,9-10H2,1H3;1-5H;/q-1;-5;. The van der Waals surface area contributed by atoms with E-state index in [0.29, 0.717) is 25.9 Å². The molecular weight excluding hydrogens is 320 g/mol. The first kappa shape index (κ1) is 20.4. The molecule has 0 bridgehead atoms. The number of ketones is 1. The third kappa shape index (κ3) is 9.32. The molecule has 0 radical (unpaired) electrons. The molecule has 0 amide bonds. The number of carbonyl (C=O) groups excluding carboxylic acids is 2. The maximum Gasteiger partial charge on any atom is 0.305 e. The molecule has 2 aromatic rings. The van der Waals surface area contributed by atoms with Gasteiger partial charge in [0.2, 0.25) is 0 Å². The second kappa shape index (κ2) is 13.1. The van der Waals surface area contributed by atoms with Gasteiger partial charge >= 0.3 is 5.97 Å². The fourth-order valence-electron chi connectivity index (χ4n) is 1.81. The summed E-state index contributed by atoms with van der Waals surface area (Å²) >= 11 is 0. The van der Waals surface area contributed by atoms with E-state index >= 15 is 0 Å². The summed E-state index contributed by atoms with van der Waals surface area (Å²) < 4.78 is 4.80. The molecule has 0 saturated heterocycles. The molecule has 0 fully saturated rings. The van der Waals surface area contributed by atoms with Gasteiger partial charge in [0.05, 0.1) is 6.61 Å². The molecular formula is C18H22FeO3-6. The Bertz CT molecular complexity index is 469. The summed E-state index contributed by atoms with van der Waals surface area (Å²) in [5, 5.41) is 0. The van der Waals surface area contributed by atoms with Gasteiger partial charge in [-0.1, -0.05) is 5.56 Å². The predicted molar refractivity (Wildman–Crippen MR) is 83.5 cm³/mol. The van der Waals surface area contributed by atoms with Crippen LogP contribution in [0.2, 0.25) is 0 Å². The fraction of sp³-hybridized carbons (Fsp3) is 0.333. The van der Waals surface area contributed by atoms with Crippen LogP contribution in [0.3, 0.4) is 0 Å². The van der Waals surface area contributed by atoms with Crippen molar-refractivity contribution in [1.82, 2.24) is 0 Å². The Morgan fingerprint density at radius 2 is 1.45 bits per heavy atom. The van der Waals surface area contributed by atoms with Crippen LogP contribution in [0.5, 0.6) is 0 Å². The molecule has 0 aliphatic carbocycles. The van der Waals surface area contributed by atoms with Crippen LogP contribution in [0.1, 0.15) is 43.0 Å². The Hall–Kier alpha value is -1.64. The second-order valence-electron chi connectivity index (χ2n) is 4.57. The van der Waals surface area contributed by atoms with Gasteiger partial charge in [-0.15, -0.1) is 0 Å². The Kier molecular flexibility index (Phi) is 12.1. The Morgan fingerprint density at radius 3 is 1.95 bits per heavy atom. The van der Waals surface area contributed by atoms with Crippen molar-refractivity contribution in [3.8, 4) is 0 Å². The number of hydrogen-bond acceptors (Lipinski definition) is 3. The summed E-state index contributed by atoms with van der Waals surface area (Å²) in [6.45, 7) is 2.21. The smallest absolute Gasteiger partial charge is 0.305 e. The molecule has 0 unspecified atom stereocenters. The van der Waals surface area contributed by atoms with E-state index < -0.39 is 0 Å². The van der Waals surface area contributed by atoms with Crippen LogP contribution in [0.25, 0.3) is 0 Å². The van der Waals surface area contributed by atoms with Crippen molar-refractivity contribution in [3.63, 3.8) is 0 Å². The zero-order chi connectivity index (χ0) is 15.3. The van der Waals surface area contributed by atoms with Crippen molar-refractivity contribution in [2.45, 2.75) is 32.6 Å². The summed E-state index contributed by atoms with van der Waals surface area (Å²) in [5.41, 5.74) is 0.760. The zero-order valence-electron chi connectivity index (χ0n) is 12.8. The summed E-state index contributed by atoms with van der Waals surface area (Å²) in [6.07, 6.45) is 2.36. The number of ether oxygens (including phenoxy) is 1. The number of unbranched alkanes of at least 4 members (excludes halogenated alkanes) is 1. The fourth-order valence-corrected chi connectivity index (χ4v) is 1.81. The van der Waals surface area contributed by atoms with Crippen molar-refractivity contribution < 1.29 is 31.4 Å². The maximum atomic E-state index is 11.6. The molecule has 0 aromatic heterocycles. The van der Waals surface area contributed by atoms with Gasteiger partial charge in [0.1, 0.15) is 5.78 Å². The summed E-state index contributed by atoms with van der Waals surface area (Å²) in [4.78, 5) is 22.6. The number of Topliss-reactive ketones (excluding diaryl/α,β-unsaturated/α-hetero) is 1. The largest absolute Gasteiger partial charge is 0.748 e. The van der Waals surface area contributed by atoms with E-state index in [9.17, 15) is 9.59 Å². The van der Waals surface area contributed by atoms with E-state index in [4.69, 9.17) is 4.74 Å². The SMILES string of the molecule is CCOC(=O)CCCCC(=O)[c-]1cccc1.[Fe].[cH-]1[cH-][cH-][cH-][cH-]1. The van der Waals surface area contributed by atoms with Crippen LogP contribution < -0.4 is 0 Å². The van der Waals surface area contributed by atoms with Gasteiger partial charge in [0.25, 0.3) is 0 Å². The minimum absolute atomic E-state index is 0. The van der Waals surface area contributed by atoms with E-state index in [1.165, 1.54) is 0 Å². The van der Waals surface area contributed by atoms with E-state index in [1.807, 2.05) is 54.6 Å². The molecule has 4 heteroatoms. The zero-order valence-corrected chi connectivity index (χ0v) is 13.9. The van der Waals surface area contributed by atoms with Gasteiger partial charge in [0, 0.05) is 23.5 Å². The van der Waals surface area contributed by atoms with E-state index in [1.54, 1.807) is 6.92 Å². The first-order chi connectivity index (χ1) is 10.2. The minimum atomic E-state index is -0.178. The van der Waals surface area contributed by atoms with Gasteiger partial charge in [-0.25, -0.2) is 12.1 Å². The summed E-state index contributed by atoms with van der Waals surface area (Å²) in [5.74, 6) is -0.0304. The molecule has 0 atom stereocenters. The summed E-state index contributed by atoms with van der Waals surface area (Å²) in [7, 11) is 0. The molecule has 0 heterocycles. The van der Waals surface area contributed by atoms with Crippen LogP contribution in [0.15, 0.2) is 54.6 Å². The summed E-state index contributed by atoms with van der Waals surface area (Å²) in [6, 6.07) is 17.3. The molecule has 0 spiro atoms. The number of hydrogen-bond donors (Lipinski definition) is 0. The van der Waals surface area contributed by atoms with Gasteiger partial charge < -0.3 is 39.9 Å². The molecule has 0 aliphatic heterocycles. The van der Waals surface area contributed by atoms with Gasteiger partial charge in [-0.05, 0) is 26.2 Å². The number of carbonyl (C=O) groups is 2. The molecule has 22 heavy (non-hydrogen) atoms. The van der Waals surface area contributed by atoms with E-state index in [-0.39, 0.29) is 28.8 Å². The first-order valence-electron chi connectivity index (χ1n) is 7.31. The maximum absolute atomic E-state index is 11.6. The third-order valence-electron chi connectivity index (χ3n) is 2.88. The van der Waals surface area contributed by atoms with Gasteiger partial charge in [-0.3, -0.25) is 4.79 Å². The van der Waals surface area contributed by atoms with Crippen molar-refractivity contribution in [3.05, 3.63) is 60.2 Å². The normalized spacial score (nSPS) is 9.14. The van der Waals surface area contributed by atoms with Crippen molar-refractivity contribution in [2.24, 2.45) is 0 Å². The molecule has 0 saturated carbocycles. The first-order valence-corrected chi connectivity index (χ1v) is 7.31. The predicted octanol–water partition coefficient (Wildman–Crippen LogP) is 4.11. The minimum Gasteiger partial charge on any atom is -0.748 e. The van der Waals surface area contributed by atoms with Gasteiger partial charge in [-0.2, -0.15) is 12.1 Å². The second-order valence-corrected chi connectivity index (χ2v) is 4.57. The Labute approximate surface area is 142 Å². The molecule has 0 N–H and O–H groups in total. The number of rotatable bonds is 7. The number of esters is 1. The van der Waals surface area contributed by atoms with E-state index in [2.05, 4.69) is 0 Å². The quantitative estimate of drug-likeness (QED) is 0.250. The monoisotopic (exact) mass is 342 g/mol. The molecule has 126 valence electrons. The Morgan fingerprint density at radius 1 is 0.955 bits per heavy atom. The van der Waals surface area contributed by atoms with Crippen LogP contribution in [0.4, 0.5) is 0 Å². The van der Waals surface area contributed by atoms with E-state index in [0.717, 1.165) is 12.0 Å². The molecule has 2 rings (SSSR count). The molecule has 0 aliphatic rings. The molecule has 3 nitrogen and oxygen atoms in total. The van der Waals surface area contributed by atoms with Crippen LogP contribution in [0, 0.1) is 0 Å². The topological polar surface area (TPSA) is 43.4 Å². The van der Waals surface area contributed by atoms with Crippen molar-refractivity contribution in [1.29, 1.82) is 0 Å². The third-order valence-corrected chi connectivity index (χ3v) is 2.88.